The molecule has 18 heavy (non-hydrogen) atoms. The molecule has 0 N–H and O–H groups in total. The second kappa shape index (κ2) is 2.65. The number of hydrogen-bond donors (Lipinski definition) is 0. The van der Waals surface area contributed by atoms with Gasteiger partial charge >= 0.3 is 23.9 Å². The molecular formula is C12H10O6. The van der Waals surface area contributed by atoms with Crippen LogP contribution in [0.5, 0.6) is 0 Å². The van der Waals surface area contributed by atoms with E-state index in [2.05, 4.69) is 4.74 Å². The van der Waals surface area contributed by atoms with E-state index >= 15 is 0 Å². The number of rotatable bonds is 0. The zero-order valence-electron chi connectivity index (χ0n) is 9.43. The molecule has 5 fully saturated rings. The minimum atomic E-state index is -1.66. The van der Waals surface area contributed by atoms with Crippen LogP contribution in [0.25, 0.3) is 0 Å². The molecule has 2 spiro atoms. The van der Waals surface area contributed by atoms with Crippen molar-refractivity contribution in [3.63, 3.8) is 0 Å². The van der Waals surface area contributed by atoms with Crippen LogP contribution in [-0.4, -0.2) is 23.9 Å². The lowest BCUT2D eigenvalue weighted by atomic mass is 9.44. The van der Waals surface area contributed by atoms with Crippen LogP contribution in [0.15, 0.2) is 0 Å². The molecule has 5 rings (SSSR count). The lowest BCUT2D eigenvalue weighted by Crippen LogP contribution is -2.60. The summed E-state index contributed by atoms with van der Waals surface area (Å²) in [5, 5.41) is 0. The first-order valence-corrected chi connectivity index (χ1v) is 6.07. The van der Waals surface area contributed by atoms with Gasteiger partial charge in [-0.05, 0) is 31.6 Å². The van der Waals surface area contributed by atoms with Crippen molar-refractivity contribution in [2.24, 2.45) is 22.7 Å². The number of cyclic esters (lactones) is 4. The molecule has 0 amide bonds. The number of carbonyl (C=O) groups is 4. The maximum Gasteiger partial charge on any atom is 0.333 e. The van der Waals surface area contributed by atoms with Crippen molar-refractivity contribution in [2.45, 2.75) is 25.7 Å². The highest BCUT2D eigenvalue weighted by atomic mass is 16.6. The summed E-state index contributed by atoms with van der Waals surface area (Å²) in [5.74, 6) is -3.94. The molecule has 2 unspecified atom stereocenters. The van der Waals surface area contributed by atoms with Crippen LogP contribution in [0, 0.1) is 22.7 Å². The highest BCUT2D eigenvalue weighted by Gasteiger charge is 2.84. The van der Waals surface area contributed by atoms with Gasteiger partial charge in [0.1, 0.15) is 0 Å². The van der Waals surface area contributed by atoms with Gasteiger partial charge in [-0.2, -0.15) is 0 Å². The summed E-state index contributed by atoms with van der Waals surface area (Å²) in [5.41, 5.74) is -2.81. The Labute approximate surface area is 102 Å². The van der Waals surface area contributed by atoms with E-state index in [-0.39, 0.29) is 5.92 Å². The van der Waals surface area contributed by atoms with Crippen molar-refractivity contribution < 1.29 is 28.7 Å². The van der Waals surface area contributed by atoms with Crippen LogP contribution in [-0.2, 0) is 28.7 Å². The molecular weight excluding hydrogens is 240 g/mol. The SMILES string of the molecule is O=C1OC(=O)C23C(=O)OC(=O)C24CCC(CC4)C13. The maximum atomic E-state index is 12.1. The predicted octanol–water partition coefficient (Wildman–Crippen LogP) is -0.0540. The summed E-state index contributed by atoms with van der Waals surface area (Å²) in [6.07, 6.45) is 2.19. The zero-order valence-corrected chi connectivity index (χ0v) is 9.43. The number of esters is 4. The third kappa shape index (κ3) is 0.717. The molecule has 0 radical (unpaired) electrons. The standard InChI is InChI=1S/C12H10O6/c13-7-6-5-1-3-11(4-2-5)8(14)18-10(16)12(6,11)9(15)17-7/h5-6H,1-4H2. The van der Waals surface area contributed by atoms with E-state index in [9.17, 15) is 19.2 Å². The van der Waals surface area contributed by atoms with Crippen molar-refractivity contribution in [1.82, 2.24) is 0 Å². The third-order valence-corrected chi connectivity index (χ3v) is 5.24. The fourth-order valence-corrected chi connectivity index (χ4v) is 4.47. The van der Waals surface area contributed by atoms with Crippen molar-refractivity contribution in [2.75, 3.05) is 0 Å². The maximum absolute atomic E-state index is 12.1. The minimum absolute atomic E-state index is 0.0516. The molecule has 6 heteroatoms. The van der Waals surface area contributed by atoms with E-state index < -0.39 is 40.6 Å². The van der Waals surface area contributed by atoms with E-state index in [4.69, 9.17) is 4.74 Å². The van der Waals surface area contributed by atoms with E-state index in [1.54, 1.807) is 0 Å². The quantitative estimate of drug-likeness (QED) is 0.442. The second-order valence-corrected chi connectivity index (χ2v) is 5.59. The number of carbonyl (C=O) groups excluding carboxylic acids is 4. The molecule has 3 saturated carbocycles. The van der Waals surface area contributed by atoms with Crippen molar-refractivity contribution in [3.05, 3.63) is 0 Å². The van der Waals surface area contributed by atoms with Crippen LogP contribution >= 0.6 is 0 Å². The molecule has 0 aromatic heterocycles. The summed E-state index contributed by atoms with van der Waals surface area (Å²) < 4.78 is 9.40. The van der Waals surface area contributed by atoms with Crippen LogP contribution in [0.3, 0.4) is 0 Å². The molecule has 6 nitrogen and oxygen atoms in total. The Hall–Kier alpha value is -1.72. The number of ether oxygens (including phenoxy) is 2. The van der Waals surface area contributed by atoms with Crippen molar-refractivity contribution in [3.8, 4) is 0 Å². The summed E-state index contributed by atoms with van der Waals surface area (Å²) in [7, 11) is 0. The molecule has 2 bridgehead atoms. The van der Waals surface area contributed by atoms with E-state index in [1.165, 1.54) is 0 Å². The topological polar surface area (TPSA) is 86.7 Å². The van der Waals surface area contributed by atoms with Crippen molar-refractivity contribution in [1.29, 1.82) is 0 Å². The summed E-state index contributed by atoms with van der Waals surface area (Å²) in [4.78, 5) is 48.0. The second-order valence-electron chi connectivity index (χ2n) is 5.59. The van der Waals surface area contributed by atoms with Crippen molar-refractivity contribution >= 4 is 23.9 Å². The van der Waals surface area contributed by atoms with Crippen LogP contribution in [0.1, 0.15) is 25.7 Å². The molecule has 0 aromatic rings. The Morgan fingerprint density at radius 1 is 0.889 bits per heavy atom. The predicted molar refractivity (Wildman–Crippen MR) is 52.5 cm³/mol. The van der Waals surface area contributed by atoms with Gasteiger partial charge in [-0.25, -0.2) is 0 Å². The average molecular weight is 250 g/mol. The lowest BCUT2D eigenvalue weighted by Gasteiger charge is -2.50. The Bertz CT molecular complexity index is 517. The number of fused-ring (bicyclic) bond motifs is 2. The van der Waals surface area contributed by atoms with Crippen LogP contribution in [0.2, 0.25) is 0 Å². The Kier molecular flexibility index (Phi) is 1.51. The normalized spacial score (nSPS) is 48.9. The molecule has 2 aliphatic heterocycles. The first-order valence-electron chi connectivity index (χ1n) is 6.07. The zero-order chi connectivity index (χ0) is 12.7. The highest BCUT2D eigenvalue weighted by molar-refractivity contribution is 6.21. The van der Waals surface area contributed by atoms with E-state index in [0.29, 0.717) is 25.7 Å². The van der Waals surface area contributed by atoms with E-state index in [1.807, 2.05) is 0 Å². The van der Waals surface area contributed by atoms with Gasteiger partial charge in [0.2, 0.25) is 0 Å². The third-order valence-electron chi connectivity index (χ3n) is 5.24. The summed E-state index contributed by atoms with van der Waals surface area (Å²) in [6, 6.07) is 0. The Balaban J connectivity index is 2.05. The minimum Gasteiger partial charge on any atom is -0.392 e. The first-order chi connectivity index (χ1) is 8.54. The van der Waals surface area contributed by atoms with Gasteiger partial charge in [0, 0.05) is 0 Å². The largest absolute Gasteiger partial charge is 0.392 e. The Morgan fingerprint density at radius 3 is 2.17 bits per heavy atom. The monoisotopic (exact) mass is 250 g/mol. The van der Waals surface area contributed by atoms with Crippen LogP contribution < -0.4 is 0 Å². The van der Waals surface area contributed by atoms with Crippen LogP contribution in [0.4, 0.5) is 0 Å². The lowest BCUT2D eigenvalue weighted by molar-refractivity contribution is -0.171. The molecule has 5 aliphatic rings. The molecule has 0 aromatic carbocycles. The fraction of sp³-hybridized carbons (Fsp3) is 0.667. The molecule has 2 atom stereocenters. The molecule has 2 saturated heterocycles. The van der Waals surface area contributed by atoms with Gasteiger partial charge in [-0.1, -0.05) is 0 Å². The molecule has 2 heterocycles. The molecule has 94 valence electrons. The highest BCUT2D eigenvalue weighted by Crippen LogP contribution is 2.69. The Morgan fingerprint density at radius 2 is 1.50 bits per heavy atom. The first kappa shape index (κ1) is 10.2. The van der Waals surface area contributed by atoms with Gasteiger partial charge in [-0.3, -0.25) is 19.2 Å². The fourth-order valence-electron chi connectivity index (χ4n) is 4.47. The summed E-state index contributed by atoms with van der Waals surface area (Å²) in [6.45, 7) is 0. The van der Waals surface area contributed by atoms with Gasteiger partial charge in [0.25, 0.3) is 0 Å². The average Bonchev–Trinajstić information content (AvgIpc) is 2.76. The van der Waals surface area contributed by atoms with Gasteiger partial charge in [-0.15, -0.1) is 0 Å². The molecule has 3 aliphatic carbocycles. The van der Waals surface area contributed by atoms with Gasteiger partial charge in [0.05, 0.1) is 11.3 Å². The smallest absolute Gasteiger partial charge is 0.333 e. The van der Waals surface area contributed by atoms with Gasteiger partial charge in [0.15, 0.2) is 5.41 Å². The summed E-state index contributed by atoms with van der Waals surface area (Å²) >= 11 is 0. The number of hydrogen-bond acceptors (Lipinski definition) is 6. The van der Waals surface area contributed by atoms with E-state index in [0.717, 1.165) is 0 Å². The van der Waals surface area contributed by atoms with Gasteiger partial charge < -0.3 is 9.47 Å².